The molecule has 0 fully saturated rings. The number of benzene rings is 1. The largest absolute Gasteiger partial charge is 0.497 e. The predicted octanol–water partition coefficient (Wildman–Crippen LogP) is 1.21. The van der Waals surface area contributed by atoms with E-state index in [-0.39, 0.29) is 17.4 Å². The van der Waals surface area contributed by atoms with E-state index >= 15 is 0 Å². The van der Waals surface area contributed by atoms with Crippen LogP contribution in [0.2, 0.25) is 0 Å². The number of methoxy groups -OCH3 is 2. The Morgan fingerprint density at radius 3 is 2.30 bits per heavy atom. The second kappa shape index (κ2) is 4.65. The number of amides is 1. The van der Waals surface area contributed by atoms with Crippen LogP contribution in [0.25, 0.3) is 0 Å². The summed E-state index contributed by atoms with van der Waals surface area (Å²) in [6, 6.07) is 5.11. The van der Waals surface area contributed by atoms with Gasteiger partial charge in [-0.3, -0.25) is 4.79 Å². The third kappa shape index (κ3) is 1.96. The summed E-state index contributed by atoms with van der Waals surface area (Å²) in [7, 11) is 3.07. The molecule has 0 saturated carbocycles. The van der Waals surface area contributed by atoms with Gasteiger partial charge in [0.15, 0.2) is 5.84 Å². The lowest BCUT2D eigenvalue weighted by Crippen LogP contribution is -2.25. The van der Waals surface area contributed by atoms with Crippen molar-refractivity contribution in [3.8, 4) is 11.5 Å². The van der Waals surface area contributed by atoms with Crippen molar-refractivity contribution in [3.05, 3.63) is 23.8 Å². The van der Waals surface area contributed by atoms with Crippen molar-refractivity contribution in [2.24, 2.45) is 25.4 Å². The first-order chi connectivity index (χ1) is 9.71. The first kappa shape index (κ1) is 12.2. The van der Waals surface area contributed by atoms with Gasteiger partial charge in [-0.05, 0) is 17.4 Å². The number of nitrogens with zero attached hydrogens (tertiary/aromatic N) is 5. The highest BCUT2D eigenvalue weighted by Crippen LogP contribution is 2.24. The van der Waals surface area contributed by atoms with E-state index in [0.29, 0.717) is 17.1 Å². The second-order valence-corrected chi connectivity index (χ2v) is 3.92. The van der Waals surface area contributed by atoms with Crippen molar-refractivity contribution >= 4 is 23.3 Å². The number of hydrogen-bond donors (Lipinski definition) is 0. The van der Waals surface area contributed by atoms with Crippen LogP contribution in [0, 0.1) is 0 Å². The molecule has 0 radical (unpaired) electrons. The standard InChI is InChI=1S/C12H9N5O3/c1-19-7-3-6(4-8(5-7)20-2)10-13-11-9(12(18)14-10)15-17-16-11/h3-5H,1-2H3. The van der Waals surface area contributed by atoms with Crippen LogP contribution < -0.4 is 9.47 Å². The van der Waals surface area contributed by atoms with Crippen LogP contribution >= 0.6 is 0 Å². The lowest BCUT2D eigenvalue weighted by molar-refractivity contribution is -0.111. The van der Waals surface area contributed by atoms with Crippen LogP contribution in [0.4, 0.5) is 0 Å². The van der Waals surface area contributed by atoms with Crippen molar-refractivity contribution in [1.82, 2.24) is 0 Å². The Balaban J connectivity index is 2.07. The van der Waals surface area contributed by atoms with Crippen LogP contribution in [-0.4, -0.2) is 37.5 Å². The smallest absolute Gasteiger partial charge is 0.303 e. The van der Waals surface area contributed by atoms with E-state index in [9.17, 15) is 4.79 Å². The summed E-state index contributed by atoms with van der Waals surface area (Å²) in [5.41, 5.74) is 0.645. The second-order valence-electron chi connectivity index (χ2n) is 3.92. The first-order valence-corrected chi connectivity index (χ1v) is 5.65. The average Bonchev–Trinajstić information content (AvgIpc) is 2.95. The quantitative estimate of drug-likeness (QED) is 0.826. The number of aliphatic imine (C=N–C) groups is 2. The van der Waals surface area contributed by atoms with Crippen molar-refractivity contribution in [2.75, 3.05) is 14.2 Å². The molecule has 0 spiro atoms. The molecular weight excluding hydrogens is 262 g/mol. The van der Waals surface area contributed by atoms with E-state index in [2.05, 4.69) is 25.4 Å². The number of ether oxygens (including phenoxy) is 2. The first-order valence-electron chi connectivity index (χ1n) is 5.65. The Kier molecular flexibility index (Phi) is 2.82. The molecule has 2 heterocycles. The van der Waals surface area contributed by atoms with Gasteiger partial charge in [-0.1, -0.05) is 0 Å². The number of amidine groups is 2. The molecule has 0 saturated heterocycles. The van der Waals surface area contributed by atoms with Crippen molar-refractivity contribution in [1.29, 1.82) is 0 Å². The van der Waals surface area contributed by atoms with Gasteiger partial charge in [-0.15, -0.1) is 10.2 Å². The average molecular weight is 271 g/mol. The van der Waals surface area contributed by atoms with E-state index in [4.69, 9.17) is 9.47 Å². The predicted molar refractivity (Wildman–Crippen MR) is 70.8 cm³/mol. The number of rotatable bonds is 3. The van der Waals surface area contributed by atoms with Gasteiger partial charge < -0.3 is 9.47 Å². The molecular formula is C12H9N5O3. The number of carbonyl (C=O) groups is 1. The Morgan fingerprint density at radius 2 is 1.65 bits per heavy atom. The lowest BCUT2D eigenvalue weighted by Gasteiger charge is -2.10. The van der Waals surface area contributed by atoms with Gasteiger partial charge in [-0.25, -0.2) is 4.99 Å². The molecule has 1 aromatic rings. The van der Waals surface area contributed by atoms with E-state index in [1.807, 2.05) is 0 Å². The molecule has 0 aromatic heterocycles. The summed E-state index contributed by atoms with van der Waals surface area (Å²) < 4.78 is 10.3. The van der Waals surface area contributed by atoms with Gasteiger partial charge in [0.1, 0.15) is 11.5 Å². The van der Waals surface area contributed by atoms with Gasteiger partial charge in [-0.2, -0.15) is 4.99 Å². The fourth-order valence-electron chi connectivity index (χ4n) is 1.76. The molecule has 3 rings (SSSR count). The number of carbonyl (C=O) groups excluding carboxylic acids is 1. The molecule has 0 N–H and O–H groups in total. The minimum absolute atomic E-state index is 0.0589. The van der Waals surface area contributed by atoms with Gasteiger partial charge in [0.25, 0.3) is 0 Å². The van der Waals surface area contributed by atoms with Crippen LogP contribution in [0.3, 0.4) is 0 Å². The molecule has 0 aliphatic carbocycles. The highest BCUT2D eigenvalue weighted by atomic mass is 16.5. The summed E-state index contributed by atoms with van der Waals surface area (Å²) in [4.78, 5) is 19.8. The molecule has 8 heteroatoms. The minimum atomic E-state index is -0.517. The van der Waals surface area contributed by atoms with Crippen molar-refractivity contribution in [2.45, 2.75) is 0 Å². The summed E-state index contributed by atoms with van der Waals surface area (Å²) in [6.45, 7) is 0. The van der Waals surface area contributed by atoms with E-state index < -0.39 is 5.91 Å². The fraction of sp³-hybridized carbons (Fsp3) is 0.167. The summed E-state index contributed by atoms with van der Waals surface area (Å²) >= 11 is 0. The molecule has 1 amide bonds. The third-order valence-corrected chi connectivity index (χ3v) is 2.73. The zero-order valence-corrected chi connectivity index (χ0v) is 10.7. The molecule has 100 valence electrons. The Labute approximate surface area is 113 Å². The molecule has 0 unspecified atom stereocenters. The Hall–Kier alpha value is -2.90. The zero-order chi connectivity index (χ0) is 14.1. The third-order valence-electron chi connectivity index (χ3n) is 2.73. The highest BCUT2D eigenvalue weighted by Gasteiger charge is 2.28. The van der Waals surface area contributed by atoms with Gasteiger partial charge in [0, 0.05) is 11.6 Å². The normalized spacial score (nSPS) is 16.3. The van der Waals surface area contributed by atoms with Gasteiger partial charge in [0.2, 0.25) is 11.5 Å². The Bertz CT molecular complexity index is 696. The van der Waals surface area contributed by atoms with Crippen LogP contribution in [-0.2, 0) is 4.79 Å². The van der Waals surface area contributed by atoms with E-state index in [1.165, 1.54) is 14.2 Å². The summed E-state index contributed by atoms with van der Waals surface area (Å²) in [5.74, 6) is 1.02. The van der Waals surface area contributed by atoms with Crippen molar-refractivity contribution in [3.63, 3.8) is 0 Å². The highest BCUT2D eigenvalue weighted by molar-refractivity contribution is 6.69. The maximum Gasteiger partial charge on any atom is 0.303 e. The SMILES string of the molecule is COc1cc(OC)cc(C2=NC(=O)C3=NN=NC3=N2)c1. The summed E-state index contributed by atoms with van der Waals surface area (Å²) in [6.07, 6.45) is 0. The molecule has 2 aliphatic heterocycles. The van der Waals surface area contributed by atoms with E-state index in [1.54, 1.807) is 18.2 Å². The number of hydrogen-bond acceptors (Lipinski definition) is 7. The fourth-order valence-corrected chi connectivity index (χ4v) is 1.76. The molecule has 8 nitrogen and oxygen atoms in total. The Morgan fingerprint density at radius 1 is 0.950 bits per heavy atom. The molecule has 1 aromatic carbocycles. The minimum Gasteiger partial charge on any atom is -0.497 e. The van der Waals surface area contributed by atoms with Crippen molar-refractivity contribution < 1.29 is 14.3 Å². The van der Waals surface area contributed by atoms with E-state index in [0.717, 1.165) is 0 Å². The van der Waals surface area contributed by atoms with Gasteiger partial charge in [0.05, 0.1) is 14.2 Å². The number of fused-ring (bicyclic) bond motifs is 1. The lowest BCUT2D eigenvalue weighted by atomic mass is 10.1. The van der Waals surface area contributed by atoms with Crippen LogP contribution in [0.15, 0.2) is 43.6 Å². The van der Waals surface area contributed by atoms with Crippen LogP contribution in [0.1, 0.15) is 5.56 Å². The van der Waals surface area contributed by atoms with Crippen LogP contribution in [0.5, 0.6) is 11.5 Å². The molecule has 20 heavy (non-hydrogen) atoms. The van der Waals surface area contributed by atoms with Gasteiger partial charge >= 0.3 is 5.91 Å². The molecule has 0 atom stereocenters. The molecule has 2 aliphatic rings. The summed E-state index contributed by atoms with van der Waals surface area (Å²) in [5, 5.41) is 10.7. The maximum atomic E-state index is 11.8. The molecule has 0 bridgehead atoms. The maximum absolute atomic E-state index is 11.8. The zero-order valence-electron chi connectivity index (χ0n) is 10.7. The topological polar surface area (TPSA) is 97.3 Å². The monoisotopic (exact) mass is 271 g/mol.